The summed E-state index contributed by atoms with van der Waals surface area (Å²) in [7, 11) is 0. The van der Waals surface area contributed by atoms with Crippen LogP contribution in [0.4, 0.5) is 5.69 Å². The number of hydrogen-bond donors (Lipinski definition) is 0. The smallest absolute Gasteiger partial charge is 0.262 e. The van der Waals surface area contributed by atoms with Gasteiger partial charge in [0.15, 0.2) is 5.16 Å². The minimum absolute atomic E-state index is 0.0192. The van der Waals surface area contributed by atoms with E-state index in [1.807, 2.05) is 51.9 Å². The fraction of sp³-hybridized carbons (Fsp3) is 0.375. The molecule has 2 heterocycles. The van der Waals surface area contributed by atoms with Gasteiger partial charge in [0.1, 0.15) is 0 Å². The van der Waals surface area contributed by atoms with Gasteiger partial charge in [-0.3, -0.25) is 14.2 Å². The number of thioether (sulfide) groups is 1. The first-order chi connectivity index (χ1) is 14.7. The van der Waals surface area contributed by atoms with Gasteiger partial charge in [-0.2, -0.15) is 0 Å². The van der Waals surface area contributed by atoms with Crippen molar-refractivity contribution in [2.75, 3.05) is 17.2 Å². The first kappa shape index (κ1) is 19.4. The van der Waals surface area contributed by atoms with Gasteiger partial charge >= 0.3 is 0 Å². The van der Waals surface area contributed by atoms with Crippen LogP contribution in [0.15, 0.2) is 58.5 Å². The minimum Gasteiger partial charge on any atom is -0.311 e. The largest absolute Gasteiger partial charge is 0.311 e. The molecule has 6 heteroatoms. The summed E-state index contributed by atoms with van der Waals surface area (Å²) in [5, 5.41) is 1.33. The van der Waals surface area contributed by atoms with Crippen molar-refractivity contribution >= 4 is 34.3 Å². The van der Waals surface area contributed by atoms with Gasteiger partial charge in [-0.15, -0.1) is 0 Å². The van der Waals surface area contributed by atoms with Crippen LogP contribution in [0.2, 0.25) is 0 Å². The summed E-state index contributed by atoms with van der Waals surface area (Å²) in [5.74, 6) is 0.360. The van der Waals surface area contributed by atoms with Crippen molar-refractivity contribution < 1.29 is 4.79 Å². The van der Waals surface area contributed by atoms with Gasteiger partial charge in [-0.25, -0.2) is 4.98 Å². The molecule has 0 radical (unpaired) electrons. The molecule has 0 bridgehead atoms. The Morgan fingerprint density at radius 1 is 1.03 bits per heavy atom. The lowest BCUT2D eigenvalue weighted by Crippen LogP contribution is -2.37. The second-order valence-electron chi connectivity index (χ2n) is 8.09. The summed E-state index contributed by atoms with van der Waals surface area (Å²) in [5.41, 5.74) is 2.98. The number of carbonyl (C=O) groups is 1. The summed E-state index contributed by atoms with van der Waals surface area (Å²) in [6, 6.07) is 15.8. The quantitative estimate of drug-likeness (QED) is 0.459. The zero-order valence-corrected chi connectivity index (χ0v) is 17.7. The Balaban J connectivity index is 1.45. The van der Waals surface area contributed by atoms with Crippen LogP contribution in [-0.2, 0) is 11.2 Å². The standard InChI is InChI=1S/C24H25N3O2S/c28-22(26-15-7-9-17-8-1-6-14-21(17)26)16-30-24-25-20-13-5-4-12-19(20)23(29)27(24)18-10-2-3-11-18/h1,4-6,8,12-14,18H,2-3,7,9-11,15-16H2. The monoisotopic (exact) mass is 419 g/mol. The third-order valence-corrected chi connectivity index (χ3v) is 7.14. The first-order valence-corrected chi connectivity index (χ1v) is 11.7. The van der Waals surface area contributed by atoms with Crippen LogP contribution in [0.5, 0.6) is 0 Å². The van der Waals surface area contributed by atoms with Crippen molar-refractivity contribution in [2.24, 2.45) is 0 Å². The lowest BCUT2D eigenvalue weighted by atomic mass is 10.0. The predicted molar refractivity (Wildman–Crippen MR) is 121 cm³/mol. The number of rotatable bonds is 4. The number of anilines is 1. The Kier molecular flexibility index (Phi) is 5.34. The number of benzene rings is 2. The molecule has 1 aliphatic carbocycles. The fourth-order valence-corrected chi connectivity index (χ4v) is 5.65. The molecule has 1 aromatic heterocycles. The van der Waals surface area contributed by atoms with Crippen LogP contribution < -0.4 is 10.5 Å². The molecule has 0 atom stereocenters. The minimum atomic E-state index is 0.0192. The van der Waals surface area contributed by atoms with E-state index in [1.165, 1.54) is 17.3 Å². The molecule has 2 aromatic carbocycles. The second-order valence-corrected chi connectivity index (χ2v) is 9.03. The highest BCUT2D eigenvalue weighted by Gasteiger charge is 2.26. The Bertz CT molecular complexity index is 1150. The summed E-state index contributed by atoms with van der Waals surface area (Å²) in [6.07, 6.45) is 6.27. The van der Waals surface area contributed by atoms with Crippen LogP contribution in [0.25, 0.3) is 10.9 Å². The molecule has 0 spiro atoms. The number of hydrogen-bond acceptors (Lipinski definition) is 4. The zero-order chi connectivity index (χ0) is 20.5. The molecule has 1 saturated carbocycles. The van der Waals surface area contributed by atoms with Crippen LogP contribution in [0.1, 0.15) is 43.7 Å². The highest BCUT2D eigenvalue weighted by molar-refractivity contribution is 7.99. The molecule has 30 heavy (non-hydrogen) atoms. The summed E-state index contributed by atoms with van der Waals surface area (Å²) in [4.78, 5) is 33.1. The number of aryl methyl sites for hydroxylation is 1. The normalized spacial score (nSPS) is 16.7. The Labute approximate surface area is 180 Å². The van der Waals surface area contributed by atoms with Crippen LogP contribution >= 0.6 is 11.8 Å². The van der Waals surface area contributed by atoms with Gasteiger partial charge in [0.05, 0.1) is 16.7 Å². The highest BCUT2D eigenvalue weighted by atomic mass is 32.2. The van der Waals surface area contributed by atoms with Gasteiger partial charge in [-0.05, 0) is 49.4 Å². The Morgan fingerprint density at radius 2 is 1.80 bits per heavy atom. The summed E-state index contributed by atoms with van der Waals surface area (Å²) < 4.78 is 1.86. The van der Waals surface area contributed by atoms with E-state index in [9.17, 15) is 9.59 Å². The zero-order valence-electron chi connectivity index (χ0n) is 16.9. The van der Waals surface area contributed by atoms with E-state index in [4.69, 9.17) is 4.98 Å². The van der Waals surface area contributed by atoms with E-state index >= 15 is 0 Å². The predicted octanol–water partition coefficient (Wildman–Crippen LogP) is 4.58. The fourth-order valence-electron chi connectivity index (χ4n) is 4.71. The van der Waals surface area contributed by atoms with Crippen LogP contribution in [0.3, 0.4) is 0 Å². The summed E-state index contributed by atoms with van der Waals surface area (Å²) in [6.45, 7) is 0.747. The molecular weight excluding hydrogens is 394 g/mol. The van der Waals surface area contributed by atoms with Gasteiger partial charge in [0.2, 0.25) is 5.91 Å². The van der Waals surface area contributed by atoms with E-state index in [0.29, 0.717) is 16.1 Å². The topological polar surface area (TPSA) is 55.2 Å². The summed E-state index contributed by atoms with van der Waals surface area (Å²) >= 11 is 1.40. The average molecular weight is 420 g/mol. The molecule has 2 aliphatic rings. The number of carbonyl (C=O) groups excluding carboxylic acids is 1. The maximum Gasteiger partial charge on any atom is 0.262 e. The maximum absolute atomic E-state index is 13.3. The lowest BCUT2D eigenvalue weighted by molar-refractivity contribution is -0.116. The van der Waals surface area contributed by atoms with Gasteiger partial charge in [0.25, 0.3) is 5.56 Å². The van der Waals surface area contributed by atoms with E-state index in [1.54, 1.807) is 0 Å². The highest BCUT2D eigenvalue weighted by Crippen LogP contribution is 2.33. The Hall–Kier alpha value is -2.60. The molecule has 1 fully saturated rings. The maximum atomic E-state index is 13.3. The molecule has 154 valence electrons. The van der Waals surface area contributed by atoms with E-state index in [0.717, 1.165) is 50.8 Å². The first-order valence-electron chi connectivity index (χ1n) is 10.7. The second kappa shape index (κ2) is 8.26. The number of amides is 1. The van der Waals surface area contributed by atoms with Crippen molar-refractivity contribution in [1.82, 2.24) is 9.55 Å². The molecule has 0 N–H and O–H groups in total. The number of para-hydroxylation sites is 2. The van der Waals surface area contributed by atoms with Crippen molar-refractivity contribution in [3.8, 4) is 0 Å². The van der Waals surface area contributed by atoms with Gasteiger partial charge in [-0.1, -0.05) is 54.9 Å². The third-order valence-electron chi connectivity index (χ3n) is 6.20. The molecule has 1 amide bonds. The van der Waals surface area contributed by atoms with Crippen molar-refractivity contribution in [2.45, 2.75) is 49.7 Å². The van der Waals surface area contributed by atoms with Gasteiger partial charge < -0.3 is 4.90 Å². The average Bonchev–Trinajstić information content (AvgIpc) is 3.31. The molecule has 5 nitrogen and oxygen atoms in total. The van der Waals surface area contributed by atoms with E-state index in [2.05, 4.69) is 6.07 Å². The molecule has 3 aromatic rings. The lowest BCUT2D eigenvalue weighted by Gasteiger charge is -2.29. The molecule has 0 saturated heterocycles. The van der Waals surface area contributed by atoms with E-state index < -0.39 is 0 Å². The van der Waals surface area contributed by atoms with Crippen molar-refractivity contribution in [3.05, 3.63) is 64.4 Å². The van der Waals surface area contributed by atoms with Gasteiger partial charge in [0, 0.05) is 18.3 Å². The molecule has 5 rings (SSSR count). The number of fused-ring (bicyclic) bond motifs is 2. The number of aromatic nitrogens is 2. The van der Waals surface area contributed by atoms with Crippen molar-refractivity contribution in [1.29, 1.82) is 0 Å². The molecule has 0 unspecified atom stereocenters. The Morgan fingerprint density at radius 3 is 2.67 bits per heavy atom. The van der Waals surface area contributed by atoms with Crippen LogP contribution in [0, 0.1) is 0 Å². The third kappa shape index (κ3) is 3.54. The SMILES string of the molecule is O=C(CSc1nc2ccccc2c(=O)n1C1CCCC1)N1CCCc2ccccc21. The van der Waals surface area contributed by atoms with Crippen molar-refractivity contribution in [3.63, 3.8) is 0 Å². The number of nitrogens with zero attached hydrogens (tertiary/aromatic N) is 3. The molecular formula is C24H25N3O2S. The van der Waals surface area contributed by atoms with E-state index in [-0.39, 0.29) is 23.3 Å². The molecule has 1 aliphatic heterocycles. The van der Waals surface area contributed by atoms with Crippen LogP contribution in [-0.4, -0.2) is 27.8 Å².